The molecule has 0 aliphatic carbocycles. The number of para-hydroxylation sites is 1. The molecule has 1 saturated heterocycles. The molecule has 196 valence electrons. The lowest BCUT2D eigenvalue weighted by atomic mass is 10.1. The lowest BCUT2D eigenvalue weighted by Gasteiger charge is -2.15. The lowest BCUT2D eigenvalue weighted by Crippen LogP contribution is -2.36. The third kappa shape index (κ3) is 7.60. The number of rotatable bonds is 11. The number of anilines is 1. The van der Waals surface area contributed by atoms with E-state index in [0.29, 0.717) is 11.3 Å². The number of carbonyl (C=O) groups is 4. The zero-order chi connectivity index (χ0) is 26.9. The van der Waals surface area contributed by atoms with Gasteiger partial charge in [0.2, 0.25) is 5.91 Å². The topological polar surface area (TPSA) is 102 Å². The largest absolute Gasteiger partial charge is 0.490 e. The summed E-state index contributed by atoms with van der Waals surface area (Å²) >= 11 is 6.88. The van der Waals surface area contributed by atoms with E-state index in [1.165, 1.54) is 18.2 Å². The smallest absolute Gasteiger partial charge is 0.339 e. The molecule has 1 aliphatic heterocycles. The molecule has 0 spiro atoms. The number of ether oxygens (including phenoxy) is 2. The van der Waals surface area contributed by atoms with Crippen LogP contribution in [-0.2, 0) is 14.3 Å². The van der Waals surface area contributed by atoms with Gasteiger partial charge in [-0.15, -0.1) is 0 Å². The average molecular weight is 545 g/mol. The van der Waals surface area contributed by atoms with Crippen LogP contribution in [0.4, 0.5) is 10.5 Å². The maximum absolute atomic E-state index is 12.9. The number of unbranched alkanes of at least 4 members (excludes halogenated alkanes) is 1. The maximum Gasteiger partial charge on any atom is 0.339 e. The van der Waals surface area contributed by atoms with Gasteiger partial charge in [-0.25, -0.2) is 4.79 Å². The predicted octanol–water partition coefficient (Wildman–Crippen LogP) is 6.15. The number of thioether (sulfide) groups is 1. The Balaban J connectivity index is 1.68. The number of hydrogen-bond acceptors (Lipinski definition) is 7. The summed E-state index contributed by atoms with van der Waals surface area (Å²) in [5.41, 5.74) is 1.07. The van der Waals surface area contributed by atoms with Crippen molar-refractivity contribution in [1.82, 2.24) is 4.90 Å². The Labute approximate surface area is 225 Å². The fourth-order valence-corrected chi connectivity index (χ4v) is 4.30. The highest BCUT2D eigenvalue weighted by Gasteiger charge is 2.36. The molecule has 3 rings (SSSR count). The number of halogens is 1. The fraction of sp³-hybridized carbons (Fsp3) is 0.333. The zero-order valence-corrected chi connectivity index (χ0v) is 22.5. The van der Waals surface area contributed by atoms with Crippen LogP contribution in [0.2, 0.25) is 5.02 Å². The molecule has 0 aromatic heterocycles. The van der Waals surface area contributed by atoms with Gasteiger partial charge < -0.3 is 14.8 Å². The quantitative estimate of drug-likeness (QED) is 0.205. The summed E-state index contributed by atoms with van der Waals surface area (Å²) in [6, 6.07) is 11.6. The van der Waals surface area contributed by atoms with Crippen LogP contribution in [0.1, 0.15) is 56.0 Å². The summed E-state index contributed by atoms with van der Waals surface area (Å²) in [7, 11) is 0. The van der Waals surface area contributed by atoms with Crippen LogP contribution in [0.15, 0.2) is 47.4 Å². The van der Waals surface area contributed by atoms with Gasteiger partial charge in [-0.1, -0.05) is 50.1 Å². The number of imide groups is 1. The normalized spacial score (nSPS) is 15.1. The van der Waals surface area contributed by atoms with Crippen LogP contribution in [0.3, 0.4) is 0 Å². The second-order valence-corrected chi connectivity index (χ2v) is 9.78. The Bertz CT molecular complexity index is 1220. The van der Waals surface area contributed by atoms with Gasteiger partial charge in [0.05, 0.1) is 28.2 Å². The van der Waals surface area contributed by atoms with Crippen LogP contribution in [0, 0.1) is 0 Å². The highest BCUT2D eigenvalue weighted by molar-refractivity contribution is 8.18. The molecule has 0 bridgehead atoms. The van der Waals surface area contributed by atoms with Crippen LogP contribution in [0.25, 0.3) is 6.08 Å². The summed E-state index contributed by atoms with van der Waals surface area (Å²) in [5.74, 6) is -1.16. The standard InChI is InChI=1S/C27H29ClN2O6S/c1-4-6-13-35-26(33)20-15-19(11-12-21(20)28)29-24(31)16-30-25(32)23(37-27(30)34)14-18-9-7-8-10-22(18)36-17(3)5-2/h7-12,14-15,17H,4-6,13,16H2,1-3H3,(H,29,31)/b23-14+/t17-/m1/s1. The number of hydrogen-bond donors (Lipinski definition) is 1. The van der Waals surface area contributed by atoms with Crippen molar-refractivity contribution in [3.05, 3.63) is 63.5 Å². The Morgan fingerprint density at radius 2 is 1.92 bits per heavy atom. The molecule has 0 saturated carbocycles. The number of nitrogens with one attached hydrogen (secondary N) is 1. The summed E-state index contributed by atoms with van der Waals surface area (Å²) in [6.07, 6.45) is 3.99. The lowest BCUT2D eigenvalue weighted by molar-refractivity contribution is -0.127. The SMILES string of the molecule is CCCCOC(=O)c1cc(NC(=O)CN2C(=O)S/C(=C/c3ccccc3O[C@H](C)CC)C2=O)ccc1Cl. The maximum atomic E-state index is 12.9. The van der Waals surface area contributed by atoms with E-state index in [9.17, 15) is 19.2 Å². The number of amides is 3. The minimum atomic E-state index is -0.600. The van der Waals surface area contributed by atoms with E-state index in [-0.39, 0.29) is 33.9 Å². The molecule has 8 nitrogen and oxygen atoms in total. The first-order valence-electron chi connectivity index (χ1n) is 12.0. The van der Waals surface area contributed by atoms with E-state index in [1.807, 2.05) is 32.9 Å². The molecule has 1 heterocycles. The molecule has 1 aliphatic rings. The van der Waals surface area contributed by atoms with Crippen molar-refractivity contribution in [2.24, 2.45) is 0 Å². The number of esters is 1. The van der Waals surface area contributed by atoms with Crippen molar-refractivity contribution in [2.75, 3.05) is 18.5 Å². The van der Waals surface area contributed by atoms with Crippen LogP contribution < -0.4 is 10.1 Å². The van der Waals surface area contributed by atoms with Crippen molar-refractivity contribution < 1.29 is 28.7 Å². The van der Waals surface area contributed by atoms with E-state index in [2.05, 4.69) is 5.32 Å². The summed E-state index contributed by atoms with van der Waals surface area (Å²) in [6.45, 7) is 5.72. The molecular formula is C27H29ClN2O6S. The van der Waals surface area contributed by atoms with Gasteiger partial charge in [0, 0.05) is 11.3 Å². The molecule has 10 heteroatoms. The second-order valence-electron chi connectivity index (χ2n) is 8.37. The van der Waals surface area contributed by atoms with Crippen molar-refractivity contribution in [1.29, 1.82) is 0 Å². The average Bonchev–Trinajstić information content (AvgIpc) is 3.13. The Morgan fingerprint density at radius 3 is 2.65 bits per heavy atom. The van der Waals surface area contributed by atoms with Crippen molar-refractivity contribution in [2.45, 2.75) is 46.1 Å². The van der Waals surface area contributed by atoms with E-state index in [1.54, 1.807) is 18.2 Å². The van der Waals surface area contributed by atoms with E-state index in [4.69, 9.17) is 21.1 Å². The van der Waals surface area contributed by atoms with Crippen LogP contribution in [0.5, 0.6) is 5.75 Å². The van der Waals surface area contributed by atoms with Gasteiger partial charge in [0.25, 0.3) is 11.1 Å². The van der Waals surface area contributed by atoms with E-state index in [0.717, 1.165) is 35.9 Å². The van der Waals surface area contributed by atoms with Gasteiger partial charge >= 0.3 is 5.97 Å². The second kappa shape index (κ2) is 13.3. The van der Waals surface area contributed by atoms with Gasteiger partial charge in [0.1, 0.15) is 12.3 Å². The van der Waals surface area contributed by atoms with E-state index >= 15 is 0 Å². The minimum absolute atomic E-state index is 0.0140. The molecule has 1 atom stereocenters. The summed E-state index contributed by atoms with van der Waals surface area (Å²) in [4.78, 5) is 51.5. The first-order valence-corrected chi connectivity index (χ1v) is 13.2. The molecule has 1 N–H and O–H groups in total. The number of nitrogens with zero attached hydrogens (tertiary/aromatic N) is 1. The Hall–Kier alpha value is -3.30. The molecular weight excluding hydrogens is 516 g/mol. The van der Waals surface area contributed by atoms with Crippen molar-refractivity contribution in [3.8, 4) is 5.75 Å². The fourth-order valence-electron chi connectivity index (χ4n) is 3.28. The zero-order valence-electron chi connectivity index (χ0n) is 20.9. The molecule has 2 aromatic carbocycles. The Morgan fingerprint density at radius 1 is 1.16 bits per heavy atom. The van der Waals surface area contributed by atoms with E-state index < -0.39 is 29.6 Å². The molecule has 2 aromatic rings. The molecule has 3 amide bonds. The van der Waals surface area contributed by atoms with Gasteiger partial charge in [0.15, 0.2) is 0 Å². The van der Waals surface area contributed by atoms with Gasteiger partial charge in [-0.3, -0.25) is 19.3 Å². The monoisotopic (exact) mass is 544 g/mol. The van der Waals surface area contributed by atoms with Gasteiger partial charge in [-0.2, -0.15) is 0 Å². The summed E-state index contributed by atoms with van der Waals surface area (Å²) in [5, 5.41) is 2.24. The van der Waals surface area contributed by atoms with Crippen LogP contribution >= 0.6 is 23.4 Å². The molecule has 37 heavy (non-hydrogen) atoms. The highest BCUT2D eigenvalue weighted by atomic mass is 35.5. The van der Waals surface area contributed by atoms with Crippen molar-refractivity contribution >= 4 is 58.1 Å². The molecule has 0 unspecified atom stereocenters. The highest BCUT2D eigenvalue weighted by Crippen LogP contribution is 2.34. The minimum Gasteiger partial charge on any atom is -0.490 e. The van der Waals surface area contributed by atoms with Crippen LogP contribution in [-0.4, -0.2) is 47.2 Å². The third-order valence-electron chi connectivity index (χ3n) is 5.49. The first kappa shape index (κ1) is 28.3. The Kier molecular flexibility index (Phi) is 10.2. The molecule has 1 fully saturated rings. The predicted molar refractivity (Wildman–Crippen MR) is 145 cm³/mol. The van der Waals surface area contributed by atoms with Gasteiger partial charge in [-0.05, 0) is 61.9 Å². The first-order chi connectivity index (χ1) is 17.7. The molecule has 0 radical (unpaired) electrons. The number of benzene rings is 2. The number of carbonyl (C=O) groups excluding carboxylic acids is 4. The summed E-state index contributed by atoms with van der Waals surface area (Å²) < 4.78 is 11.1. The van der Waals surface area contributed by atoms with Crippen molar-refractivity contribution in [3.63, 3.8) is 0 Å². The third-order valence-corrected chi connectivity index (χ3v) is 6.72.